The number of piperazine rings is 1. The molecular weight excluding hydrogens is 388 g/mol. The van der Waals surface area contributed by atoms with Gasteiger partial charge < -0.3 is 20.4 Å². The van der Waals surface area contributed by atoms with Gasteiger partial charge in [-0.25, -0.2) is 0 Å². The summed E-state index contributed by atoms with van der Waals surface area (Å²) in [5.41, 5.74) is 1.29. The number of hydrogen-bond acceptors (Lipinski definition) is 4. The molecule has 2 aliphatic heterocycles. The molecule has 7 nitrogen and oxygen atoms in total. The zero-order valence-electron chi connectivity index (χ0n) is 19.5. The highest BCUT2D eigenvalue weighted by Crippen LogP contribution is 2.17. The Morgan fingerprint density at radius 3 is 2.61 bits per heavy atom. The van der Waals surface area contributed by atoms with Gasteiger partial charge >= 0.3 is 0 Å². The molecule has 2 atom stereocenters. The molecule has 3 rings (SSSR count). The van der Waals surface area contributed by atoms with Gasteiger partial charge in [0.2, 0.25) is 5.91 Å². The van der Waals surface area contributed by atoms with E-state index in [9.17, 15) is 4.79 Å². The molecule has 7 heteroatoms. The summed E-state index contributed by atoms with van der Waals surface area (Å²) in [5, 5.41) is 6.83. The Labute approximate surface area is 187 Å². The average Bonchev–Trinajstić information content (AvgIpc) is 3.14. The van der Waals surface area contributed by atoms with Gasteiger partial charge in [-0.15, -0.1) is 0 Å². The van der Waals surface area contributed by atoms with E-state index in [0.29, 0.717) is 18.4 Å². The molecule has 2 fully saturated rings. The van der Waals surface area contributed by atoms with Crippen molar-refractivity contribution in [3.05, 3.63) is 35.9 Å². The van der Waals surface area contributed by atoms with Crippen LogP contribution in [0.1, 0.15) is 25.8 Å². The predicted molar refractivity (Wildman–Crippen MR) is 127 cm³/mol. The second-order valence-electron chi connectivity index (χ2n) is 8.93. The van der Waals surface area contributed by atoms with Crippen LogP contribution in [0.25, 0.3) is 0 Å². The summed E-state index contributed by atoms with van der Waals surface area (Å²) in [6.45, 7) is 12.9. The van der Waals surface area contributed by atoms with Crippen LogP contribution in [0.2, 0.25) is 0 Å². The van der Waals surface area contributed by atoms with Crippen LogP contribution in [0.3, 0.4) is 0 Å². The highest BCUT2D eigenvalue weighted by Gasteiger charge is 2.29. The third-order valence-electron chi connectivity index (χ3n) is 6.39. The Kier molecular flexibility index (Phi) is 9.15. The molecule has 1 aromatic rings. The number of nitrogens with one attached hydrogen (secondary N) is 2. The van der Waals surface area contributed by atoms with Gasteiger partial charge in [0, 0.05) is 70.7 Å². The Morgan fingerprint density at radius 2 is 1.90 bits per heavy atom. The summed E-state index contributed by atoms with van der Waals surface area (Å²) in [7, 11) is 2.18. The van der Waals surface area contributed by atoms with Gasteiger partial charge in [-0.2, -0.15) is 0 Å². The Bertz CT molecular complexity index is 701. The lowest BCUT2D eigenvalue weighted by atomic mass is 10.1. The van der Waals surface area contributed by atoms with Gasteiger partial charge in [-0.05, 0) is 32.9 Å². The molecular formula is C24H40N6O. The van der Waals surface area contributed by atoms with E-state index >= 15 is 0 Å². The predicted octanol–water partition coefficient (Wildman–Crippen LogP) is 1.27. The highest BCUT2D eigenvalue weighted by atomic mass is 16.2. The number of guanidine groups is 1. The van der Waals surface area contributed by atoms with E-state index in [1.54, 1.807) is 0 Å². The van der Waals surface area contributed by atoms with Gasteiger partial charge in [0.1, 0.15) is 0 Å². The minimum Gasteiger partial charge on any atom is -0.357 e. The molecule has 172 valence electrons. The Hall–Kier alpha value is -2.12. The van der Waals surface area contributed by atoms with Crippen molar-refractivity contribution in [2.45, 2.75) is 32.7 Å². The molecule has 1 aromatic carbocycles. The fraction of sp³-hybridized carbons (Fsp3) is 0.667. The van der Waals surface area contributed by atoms with Crippen LogP contribution in [0.15, 0.2) is 35.3 Å². The minimum absolute atomic E-state index is 0.272. The third kappa shape index (κ3) is 7.51. The molecule has 31 heavy (non-hydrogen) atoms. The monoisotopic (exact) mass is 428 g/mol. The molecule has 2 N–H and O–H groups in total. The first-order valence-corrected chi connectivity index (χ1v) is 11.8. The van der Waals surface area contributed by atoms with Crippen molar-refractivity contribution in [2.24, 2.45) is 10.9 Å². The van der Waals surface area contributed by atoms with Crippen molar-refractivity contribution < 1.29 is 4.79 Å². The molecule has 2 unspecified atom stereocenters. The number of hydrogen-bond donors (Lipinski definition) is 2. The molecule has 1 amide bonds. The standard InChI is InChI=1S/C24H40N6O/c1-4-25-24(26-17-20(2)29-14-12-28(3)13-15-29)27-18-22-16-23(31)30(19-22)11-10-21-8-6-5-7-9-21/h5-9,20,22H,4,10-19H2,1-3H3,(H2,25,26,27). The lowest BCUT2D eigenvalue weighted by Gasteiger charge is -2.35. The van der Waals surface area contributed by atoms with Crippen LogP contribution in [0.4, 0.5) is 0 Å². The molecule has 0 radical (unpaired) electrons. The quantitative estimate of drug-likeness (QED) is 0.458. The molecule has 2 aliphatic rings. The largest absolute Gasteiger partial charge is 0.357 e. The number of likely N-dealkylation sites (tertiary alicyclic amines) is 1. The molecule has 0 saturated carbocycles. The number of nitrogens with zero attached hydrogens (tertiary/aromatic N) is 4. The van der Waals surface area contributed by atoms with Crippen molar-refractivity contribution >= 4 is 11.9 Å². The Balaban J connectivity index is 1.42. The van der Waals surface area contributed by atoms with Crippen LogP contribution >= 0.6 is 0 Å². The maximum Gasteiger partial charge on any atom is 0.223 e. The maximum atomic E-state index is 12.4. The van der Waals surface area contributed by atoms with Gasteiger partial charge in [0.15, 0.2) is 5.96 Å². The highest BCUT2D eigenvalue weighted by molar-refractivity contribution is 5.81. The first-order chi connectivity index (χ1) is 15.0. The zero-order chi connectivity index (χ0) is 22.1. The summed E-state index contributed by atoms with van der Waals surface area (Å²) >= 11 is 0. The molecule has 2 heterocycles. The lowest BCUT2D eigenvalue weighted by molar-refractivity contribution is -0.127. The normalized spacial score (nSPS) is 22.0. The maximum absolute atomic E-state index is 12.4. The average molecular weight is 429 g/mol. The fourth-order valence-corrected chi connectivity index (χ4v) is 4.30. The second kappa shape index (κ2) is 12.1. The van der Waals surface area contributed by atoms with E-state index in [2.05, 4.69) is 65.6 Å². The number of rotatable bonds is 9. The van der Waals surface area contributed by atoms with Crippen LogP contribution in [0.5, 0.6) is 0 Å². The minimum atomic E-state index is 0.272. The topological polar surface area (TPSA) is 63.2 Å². The second-order valence-corrected chi connectivity index (χ2v) is 8.93. The van der Waals surface area contributed by atoms with E-state index in [1.807, 2.05) is 11.0 Å². The van der Waals surface area contributed by atoms with Crippen molar-refractivity contribution in [1.29, 1.82) is 0 Å². The molecule has 2 saturated heterocycles. The van der Waals surface area contributed by atoms with Crippen LogP contribution < -0.4 is 10.6 Å². The van der Waals surface area contributed by atoms with E-state index in [1.165, 1.54) is 5.56 Å². The smallest absolute Gasteiger partial charge is 0.223 e. The lowest BCUT2D eigenvalue weighted by Crippen LogP contribution is -2.49. The third-order valence-corrected chi connectivity index (χ3v) is 6.39. The first-order valence-electron chi connectivity index (χ1n) is 11.8. The van der Waals surface area contributed by atoms with Gasteiger partial charge in [0.05, 0.1) is 6.54 Å². The van der Waals surface area contributed by atoms with E-state index in [4.69, 9.17) is 4.99 Å². The summed E-state index contributed by atoms with van der Waals surface area (Å²) in [6, 6.07) is 10.8. The molecule has 0 bridgehead atoms. The van der Waals surface area contributed by atoms with Crippen LogP contribution in [0, 0.1) is 5.92 Å². The number of aliphatic imine (C=N–C) groups is 1. The van der Waals surface area contributed by atoms with Crippen molar-refractivity contribution in [3.63, 3.8) is 0 Å². The van der Waals surface area contributed by atoms with Crippen LogP contribution in [-0.2, 0) is 11.2 Å². The van der Waals surface area contributed by atoms with E-state index < -0.39 is 0 Å². The molecule has 0 aliphatic carbocycles. The van der Waals surface area contributed by atoms with E-state index in [-0.39, 0.29) is 5.91 Å². The summed E-state index contributed by atoms with van der Waals surface area (Å²) in [6.07, 6.45) is 1.54. The van der Waals surface area contributed by atoms with Crippen molar-refractivity contribution in [1.82, 2.24) is 25.3 Å². The Morgan fingerprint density at radius 1 is 1.16 bits per heavy atom. The summed E-state index contributed by atoms with van der Waals surface area (Å²) in [5.74, 6) is 1.47. The summed E-state index contributed by atoms with van der Waals surface area (Å²) < 4.78 is 0. The number of carbonyl (C=O) groups excluding carboxylic acids is 1. The van der Waals surface area contributed by atoms with E-state index in [0.717, 1.165) is 71.3 Å². The zero-order valence-corrected chi connectivity index (χ0v) is 19.5. The molecule has 0 aromatic heterocycles. The fourth-order valence-electron chi connectivity index (χ4n) is 4.30. The van der Waals surface area contributed by atoms with Gasteiger partial charge in [-0.3, -0.25) is 14.7 Å². The van der Waals surface area contributed by atoms with Crippen molar-refractivity contribution in [3.8, 4) is 0 Å². The summed E-state index contributed by atoms with van der Waals surface area (Å²) in [4.78, 5) is 24.2. The van der Waals surface area contributed by atoms with Crippen molar-refractivity contribution in [2.75, 3.05) is 66.0 Å². The van der Waals surface area contributed by atoms with Gasteiger partial charge in [0.25, 0.3) is 0 Å². The number of amides is 1. The first kappa shape index (κ1) is 23.5. The van der Waals surface area contributed by atoms with Crippen LogP contribution in [-0.4, -0.2) is 98.6 Å². The molecule has 0 spiro atoms. The number of likely N-dealkylation sites (N-methyl/N-ethyl adjacent to an activating group) is 1. The number of carbonyl (C=O) groups is 1. The SMILES string of the molecule is CCNC(=NCC(C)N1CCN(C)CC1)NCC1CC(=O)N(CCc2ccccc2)C1. The van der Waals surface area contributed by atoms with Gasteiger partial charge in [-0.1, -0.05) is 30.3 Å². The number of benzene rings is 1.